The highest BCUT2D eigenvalue weighted by Gasteiger charge is 2.42. The van der Waals surface area contributed by atoms with Crippen LogP contribution in [0.15, 0.2) is 71.9 Å². The van der Waals surface area contributed by atoms with Crippen LogP contribution in [-0.2, 0) is 21.4 Å². The number of aromatic nitrogens is 2. The first-order chi connectivity index (χ1) is 17.4. The minimum Gasteiger partial charge on any atom is -0.497 e. The molecule has 1 aliphatic rings. The predicted octanol–water partition coefficient (Wildman–Crippen LogP) is 4.74. The SMILES string of the molecule is COc1ccc(S(=O)(=O)N2CCCC2C(=O)N(Cc2cccnc2)c2nc3ccc(Cl)cc3s2)cc1. The summed E-state index contributed by atoms with van der Waals surface area (Å²) in [4.78, 5) is 24.5. The average Bonchev–Trinajstić information content (AvgIpc) is 3.55. The van der Waals surface area contributed by atoms with Crippen molar-refractivity contribution >= 4 is 54.2 Å². The molecule has 1 unspecified atom stereocenters. The summed E-state index contributed by atoms with van der Waals surface area (Å²) in [5, 5.41) is 1.06. The molecular weight excluding hydrogens is 520 g/mol. The maximum atomic E-state index is 14.0. The van der Waals surface area contributed by atoms with E-state index in [1.165, 1.54) is 34.9 Å². The minimum absolute atomic E-state index is 0.122. The Morgan fingerprint density at radius 1 is 1.22 bits per heavy atom. The van der Waals surface area contributed by atoms with E-state index in [0.717, 1.165) is 15.8 Å². The van der Waals surface area contributed by atoms with Gasteiger partial charge in [-0.25, -0.2) is 13.4 Å². The van der Waals surface area contributed by atoms with E-state index in [9.17, 15) is 13.2 Å². The fourth-order valence-electron chi connectivity index (χ4n) is 4.25. The van der Waals surface area contributed by atoms with Crippen LogP contribution in [0.25, 0.3) is 10.2 Å². The van der Waals surface area contributed by atoms with Crippen molar-refractivity contribution in [2.45, 2.75) is 30.3 Å². The lowest BCUT2D eigenvalue weighted by atomic mass is 10.2. The van der Waals surface area contributed by atoms with Gasteiger partial charge in [0.25, 0.3) is 0 Å². The molecule has 2 aromatic carbocycles. The van der Waals surface area contributed by atoms with E-state index in [1.54, 1.807) is 53.7 Å². The predicted molar refractivity (Wildman–Crippen MR) is 140 cm³/mol. The summed E-state index contributed by atoms with van der Waals surface area (Å²) in [6, 6.07) is 14.4. The Hall–Kier alpha value is -3.05. The normalized spacial score (nSPS) is 16.3. The number of hydrogen-bond acceptors (Lipinski definition) is 7. The summed E-state index contributed by atoms with van der Waals surface area (Å²) in [5.74, 6) is 0.236. The van der Waals surface area contributed by atoms with Crippen LogP contribution in [0.4, 0.5) is 5.13 Å². The number of pyridine rings is 1. The molecule has 0 bridgehead atoms. The molecule has 0 aliphatic carbocycles. The molecular formula is C25H23ClN4O4S2. The number of fused-ring (bicyclic) bond motifs is 1. The quantitative estimate of drug-likeness (QED) is 0.335. The van der Waals surface area contributed by atoms with Crippen molar-refractivity contribution in [1.29, 1.82) is 0 Å². The number of anilines is 1. The van der Waals surface area contributed by atoms with Crippen molar-refractivity contribution in [2.75, 3.05) is 18.6 Å². The van der Waals surface area contributed by atoms with E-state index in [1.807, 2.05) is 6.07 Å². The van der Waals surface area contributed by atoms with Gasteiger partial charge in [-0.15, -0.1) is 0 Å². The molecule has 5 rings (SSSR count). The van der Waals surface area contributed by atoms with Crippen LogP contribution in [-0.4, -0.2) is 48.3 Å². The summed E-state index contributed by atoms with van der Waals surface area (Å²) in [7, 11) is -2.37. The van der Waals surface area contributed by atoms with Crippen molar-refractivity contribution in [3.63, 3.8) is 0 Å². The van der Waals surface area contributed by atoms with E-state index in [-0.39, 0.29) is 23.9 Å². The Labute approximate surface area is 218 Å². The van der Waals surface area contributed by atoms with Gasteiger partial charge in [0.15, 0.2) is 5.13 Å². The molecule has 36 heavy (non-hydrogen) atoms. The molecule has 0 radical (unpaired) electrons. The lowest BCUT2D eigenvalue weighted by Gasteiger charge is -2.28. The van der Waals surface area contributed by atoms with Gasteiger partial charge in [0.05, 0.1) is 28.8 Å². The van der Waals surface area contributed by atoms with Crippen LogP contribution in [0, 0.1) is 0 Å². The summed E-state index contributed by atoms with van der Waals surface area (Å²) in [6.45, 7) is 0.480. The summed E-state index contributed by atoms with van der Waals surface area (Å²) >= 11 is 7.50. The fraction of sp³-hybridized carbons (Fsp3) is 0.240. The zero-order chi connectivity index (χ0) is 25.3. The van der Waals surface area contributed by atoms with Crippen molar-refractivity contribution < 1.29 is 17.9 Å². The largest absolute Gasteiger partial charge is 0.497 e. The molecule has 1 amide bonds. The first-order valence-electron chi connectivity index (χ1n) is 11.3. The Morgan fingerprint density at radius 3 is 2.75 bits per heavy atom. The topological polar surface area (TPSA) is 92.7 Å². The molecule has 1 saturated heterocycles. The zero-order valence-electron chi connectivity index (χ0n) is 19.4. The Bertz CT molecular complexity index is 1490. The number of sulfonamides is 1. The van der Waals surface area contributed by atoms with Gasteiger partial charge >= 0.3 is 0 Å². The van der Waals surface area contributed by atoms with Gasteiger partial charge in [0.2, 0.25) is 15.9 Å². The number of halogens is 1. The van der Waals surface area contributed by atoms with Gasteiger partial charge in [0, 0.05) is 24.0 Å². The lowest BCUT2D eigenvalue weighted by molar-refractivity contribution is -0.121. The fourth-order valence-corrected chi connectivity index (χ4v) is 7.15. The van der Waals surface area contributed by atoms with E-state index in [0.29, 0.717) is 28.7 Å². The van der Waals surface area contributed by atoms with Gasteiger partial charge in [-0.2, -0.15) is 4.31 Å². The van der Waals surface area contributed by atoms with E-state index in [4.69, 9.17) is 16.3 Å². The molecule has 186 valence electrons. The smallest absolute Gasteiger partial charge is 0.247 e. The number of benzene rings is 2. The van der Waals surface area contributed by atoms with E-state index >= 15 is 0 Å². The number of hydrogen-bond donors (Lipinski definition) is 0. The van der Waals surface area contributed by atoms with E-state index < -0.39 is 16.1 Å². The van der Waals surface area contributed by atoms with E-state index in [2.05, 4.69) is 9.97 Å². The maximum absolute atomic E-state index is 14.0. The third kappa shape index (κ3) is 4.81. The van der Waals surface area contributed by atoms with Crippen molar-refractivity contribution in [2.24, 2.45) is 0 Å². The minimum atomic E-state index is -3.89. The number of rotatable bonds is 7. The number of nitrogens with zero attached hydrogens (tertiary/aromatic N) is 4. The van der Waals surface area contributed by atoms with Gasteiger partial charge in [-0.3, -0.25) is 14.7 Å². The molecule has 0 spiro atoms. The Morgan fingerprint density at radius 2 is 2.03 bits per heavy atom. The highest BCUT2D eigenvalue weighted by atomic mass is 35.5. The van der Waals surface area contributed by atoms with Crippen molar-refractivity contribution in [3.05, 3.63) is 77.6 Å². The van der Waals surface area contributed by atoms with Crippen molar-refractivity contribution in [3.8, 4) is 5.75 Å². The molecule has 4 aromatic rings. The zero-order valence-corrected chi connectivity index (χ0v) is 21.8. The van der Waals surface area contributed by atoms with Gasteiger partial charge in [-0.1, -0.05) is 29.0 Å². The number of carbonyl (C=O) groups excluding carboxylic acids is 1. The van der Waals surface area contributed by atoms with Crippen LogP contribution < -0.4 is 9.64 Å². The number of methoxy groups -OCH3 is 1. The van der Waals surface area contributed by atoms with Gasteiger partial charge in [0.1, 0.15) is 11.8 Å². The Balaban J connectivity index is 1.51. The molecule has 0 N–H and O–H groups in total. The first kappa shape index (κ1) is 24.6. The maximum Gasteiger partial charge on any atom is 0.247 e. The number of carbonyl (C=O) groups is 1. The molecule has 3 heterocycles. The number of ether oxygens (including phenoxy) is 1. The van der Waals surface area contributed by atoms with Crippen LogP contribution in [0.1, 0.15) is 18.4 Å². The monoisotopic (exact) mass is 542 g/mol. The second-order valence-electron chi connectivity index (χ2n) is 8.34. The second-order valence-corrected chi connectivity index (χ2v) is 11.7. The summed E-state index contributed by atoms with van der Waals surface area (Å²) in [6.07, 6.45) is 4.36. The van der Waals surface area contributed by atoms with Crippen LogP contribution in [0.2, 0.25) is 5.02 Å². The van der Waals surface area contributed by atoms with Gasteiger partial charge < -0.3 is 4.74 Å². The molecule has 8 nitrogen and oxygen atoms in total. The molecule has 1 aliphatic heterocycles. The van der Waals surface area contributed by atoms with Crippen LogP contribution >= 0.6 is 22.9 Å². The third-order valence-electron chi connectivity index (χ3n) is 6.05. The highest BCUT2D eigenvalue weighted by Crippen LogP contribution is 2.34. The van der Waals surface area contributed by atoms with Gasteiger partial charge in [-0.05, 0) is 66.9 Å². The molecule has 2 aromatic heterocycles. The third-order valence-corrected chi connectivity index (χ3v) is 9.25. The molecule has 1 fully saturated rings. The molecule has 11 heteroatoms. The average molecular weight is 543 g/mol. The number of amides is 1. The number of thiazole rings is 1. The van der Waals surface area contributed by atoms with Crippen LogP contribution in [0.3, 0.4) is 0 Å². The second kappa shape index (κ2) is 10.1. The van der Waals surface area contributed by atoms with Crippen LogP contribution in [0.5, 0.6) is 5.75 Å². The van der Waals surface area contributed by atoms with Crippen molar-refractivity contribution in [1.82, 2.24) is 14.3 Å². The molecule has 0 saturated carbocycles. The summed E-state index contributed by atoms with van der Waals surface area (Å²) in [5.41, 5.74) is 1.53. The highest BCUT2D eigenvalue weighted by molar-refractivity contribution is 7.89. The Kier molecular flexibility index (Phi) is 6.94. The summed E-state index contributed by atoms with van der Waals surface area (Å²) < 4.78 is 34.3. The standard InChI is InChI=1S/C25H23ClN4O4S2/c1-34-19-7-9-20(10-8-19)36(32,33)30-13-3-5-22(30)24(31)29(16-17-4-2-12-27-15-17)25-28-21-11-6-18(26)14-23(21)35-25/h2,4,6-12,14-15,22H,3,5,13,16H2,1H3. The lowest BCUT2D eigenvalue weighted by Crippen LogP contribution is -2.47. The first-order valence-corrected chi connectivity index (χ1v) is 13.9. The molecule has 1 atom stereocenters.